The lowest BCUT2D eigenvalue weighted by molar-refractivity contribution is -0.127. The number of hydrogen-bond donors (Lipinski definition) is 0. The summed E-state index contributed by atoms with van der Waals surface area (Å²) < 4.78 is 6.32. The molecule has 36 heavy (non-hydrogen) atoms. The molecule has 174 valence electrons. The Kier molecular flexibility index (Phi) is 4.23. The van der Waals surface area contributed by atoms with Crippen LogP contribution in [0.4, 0.5) is 5.69 Å². The van der Waals surface area contributed by atoms with Crippen molar-refractivity contribution in [1.29, 1.82) is 0 Å². The largest absolute Gasteiger partial charge is 0.349 e. The Morgan fingerprint density at radius 1 is 0.639 bits per heavy atom. The van der Waals surface area contributed by atoms with Crippen LogP contribution in [0.25, 0.3) is 10.8 Å². The number of nitrogens with zero attached hydrogens (tertiary/aromatic N) is 1. The molecule has 1 spiro atoms. The zero-order chi connectivity index (χ0) is 24.6. The Morgan fingerprint density at radius 2 is 1.25 bits per heavy atom. The first-order valence-corrected chi connectivity index (χ1v) is 11.8. The van der Waals surface area contributed by atoms with Crippen LogP contribution < -0.4 is 4.90 Å². The lowest BCUT2D eigenvalue weighted by Crippen LogP contribution is -2.51. The maximum Gasteiger partial charge on any atom is 0.241 e. The van der Waals surface area contributed by atoms with E-state index in [1.165, 1.54) is 0 Å². The van der Waals surface area contributed by atoms with Crippen molar-refractivity contribution in [2.24, 2.45) is 11.8 Å². The second-order valence-corrected chi connectivity index (χ2v) is 9.40. The minimum absolute atomic E-state index is 0.221. The van der Waals surface area contributed by atoms with Gasteiger partial charge in [-0.05, 0) is 17.0 Å². The van der Waals surface area contributed by atoms with Crippen LogP contribution in [-0.4, -0.2) is 29.0 Å². The molecule has 0 aromatic heterocycles. The maximum atomic E-state index is 14.1. The Hall–Kier alpha value is -4.42. The first-order valence-electron chi connectivity index (χ1n) is 11.8. The minimum atomic E-state index is -2.07. The van der Waals surface area contributed by atoms with E-state index in [4.69, 9.17) is 4.74 Å². The van der Waals surface area contributed by atoms with Crippen molar-refractivity contribution >= 4 is 39.8 Å². The zero-order valence-electron chi connectivity index (χ0n) is 19.0. The molecule has 1 aliphatic carbocycles. The molecule has 2 saturated heterocycles. The number of imide groups is 1. The zero-order valence-corrected chi connectivity index (χ0v) is 19.0. The van der Waals surface area contributed by atoms with Crippen molar-refractivity contribution in [1.82, 2.24) is 0 Å². The molecule has 0 saturated carbocycles. The van der Waals surface area contributed by atoms with Gasteiger partial charge in [-0.1, -0.05) is 91.0 Å². The van der Waals surface area contributed by atoms with Crippen LogP contribution in [0.5, 0.6) is 0 Å². The van der Waals surface area contributed by atoms with Crippen molar-refractivity contribution in [2.45, 2.75) is 11.7 Å². The Labute approximate surface area is 206 Å². The summed E-state index contributed by atoms with van der Waals surface area (Å²) in [6.07, 6.45) is -0.921. The third kappa shape index (κ3) is 2.49. The smallest absolute Gasteiger partial charge is 0.241 e. The molecule has 7 rings (SSSR count). The second kappa shape index (κ2) is 7.29. The average Bonchev–Trinajstić information content (AvgIpc) is 3.49. The fourth-order valence-electron chi connectivity index (χ4n) is 6.10. The fourth-order valence-corrected chi connectivity index (χ4v) is 6.10. The van der Waals surface area contributed by atoms with Crippen LogP contribution in [0.2, 0.25) is 0 Å². The molecule has 4 aromatic carbocycles. The van der Waals surface area contributed by atoms with E-state index < -0.39 is 46.9 Å². The molecule has 0 unspecified atom stereocenters. The summed E-state index contributed by atoms with van der Waals surface area (Å²) in [6.45, 7) is 0. The van der Waals surface area contributed by atoms with Crippen molar-refractivity contribution < 1.29 is 23.9 Å². The molecular formula is C30H19NO5. The maximum absolute atomic E-state index is 14.1. The molecule has 0 bridgehead atoms. The number of carbonyl (C=O) groups is 4. The summed E-state index contributed by atoms with van der Waals surface area (Å²) in [5, 5.41) is 1.61. The van der Waals surface area contributed by atoms with Gasteiger partial charge < -0.3 is 4.74 Å². The lowest BCUT2D eigenvalue weighted by Gasteiger charge is -2.27. The molecule has 0 radical (unpaired) electrons. The van der Waals surface area contributed by atoms with E-state index in [0.717, 1.165) is 15.7 Å². The number of rotatable bonds is 2. The van der Waals surface area contributed by atoms with Crippen LogP contribution in [0, 0.1) is 11.8 Å². The second-order valence-electron chi connectivity index (χ2n) is 9.40. The Bertz CT molecular complexity index is 1580. The number of ketones is 2. The number of fused-ring (bicyclic) bond motifs is 4. The molecule has 4 aromatic rings. The standard InChI is InChI=1S/C30H19NO5/c32-26-20-14-6-7-15-21(20)27(33)30(26)24-23(25(36-30)18-10-2-1-3-11-18)28(34)31(29(24)35)22-16-8-12-17-9-4-5-13-19(17)22/h1-16,23-25H/t23-,24-,25+/m0/s1. The quantitative estimate of drug-likeness (QED) is 0.316. The van der Waals surface area contributed by atoms with E-state index in [2.05, 4.69) is 0 Å². The molecule has 3 aliphatic rings. The topological polar surface area (TPSA) is 80.8 Å². The highest BCUT2D eigenvalue weighted by Gasteiger charge is 2.74. The van der Waals surface area contributed by atoms with Crippen molar-refractivity contribution in [3.63, 3.8) is 0 Å². The normalized spacial score (nSPS) is 24.1. The van der Waals surface area contributed by atoms with Gasteiger partial charge in [0.2, 0.25) is 29.0 Å². The van der Waals surface area contributed by atoms with Crippen molar-refractivity contribution in [3.8, 4) is 0 Å². The number of ether oxygens (including phenoxy) is 1. The predicted octanol–water partition coefficient (Wildman–Crippen LogP) is 4.53. The van der Waals surface area contributed by atoms with Crippen molar-refractivity contribution in [3.05, 3.63) is 114 Å². The van der Waals surface area contributed by atoms with Crippen molar-refractivity contribution in [2.75, 3.05) is 4.90 Å². The van der Waals surface area contributed by atoms with E-state index in [-0.39, 0.29) is 11.1 Å². The van der Waals surface area contributed by atoms with E-state index in [1.54, 1.807) is 60.7 Å². The van der Waals surface area contributed by atoms with E-state index in [9.17, 15) is 19.2 Å². The number of amides is 2. The minimum Gasteiger partial charge on any atom is -0.349 e. The van der Waals surface area contributed by atoms with Crippen LogP contribution in [0.1, 0.15) is 32.4 Å². The molecule has 2 fully saturated rings. The molecule has 2 amide bonds. The lowest BCUT2D eigenvalue weighted by atomic mass is 9.77. The highest BCUT2D eigenvalue weighted by molar-refractivity contribution is 6.37. The predicted molar refractivity (Wildman–Crippen MR) is 132 cm³/mol. The monoisotopic (exact) mass is 473 g/mol. The van der Waals surface area contributed by atoms with E-state index in [0.29, 0.717) is 11.3 Å². The third-order valence-electron chi connectivity index (χ3n) is 7.65. The van der Waals surface area contributed by atoms with Gasteiger partial charge >= 0.3 is 0 Å². The fraction of sp³-hybridized carbons (Fsp3) is 0.133. The van der Waals surface area contributed by atoms with Gasteiger partial charge in [0, 0.05) is 16.5 Å². The van der Waals surface area contributed by atoms with Crippen LogP contribution in [0.3, 0.4) is 0 Å². The van der Waals surface area contributed by atoms with E-state index >= 15 is 0 Å². The summed E-state index contributed by atoms with van der Waals surface area (Å²) in [6, 6.07) is 28.4. The molecule has 6 nitrogen and oxygen atoms in total. The van der Waals surface area contributed by atoms with Gasteiger partial charge in [0.25, 0.3) is 0 Å². The SMILES string of the molecule is O=C1[C@@H]2[C@@H](c3ccccc3)OC3(C(=O)c4ccccc4C3=O)[C@@H]2C(=O)N1c1cccc2ccccc12. The number of Topliss-reactive ketones (excluding diaryl/α,β-unsaturated/α-hetero) is 2. The average molecular weight is 473 g/mol. The highest BCUT2D eigenvalue weighted by Crippen LogP contribution is 2.58. The van der Waals surface area contributed by atoms with Gasteiger partial charge in [-0.2, -0.15) is 0 Å². The Morgan fingerprint density at radius 3 is 1.97 bits per heavy atom. The molecule has 0 N–H and O–H groups in total. The van der Waals surface area contributed by atoms with Gasteiger partial charge in [-0.25, -0.2) is 4.90 Å². The number of benzene rings is 4. The van der Waals surface area contributed by atoms with Gasteiger partial charge in [0.15, 0.2) is 0 Å². The number of hydrogen-bond acceptors (Lipinski definition) is 5. The molecule has 6 heteroatoms. The highest BCUT2D eigenvalue weighted by atomic mass is 16.5. The summed E-state index contributed by atoms with van der Waals surface area (Å²) >= 11 is 0. The van der Waals surface area contributed by atoms with Gasteiger partial charge in [0.1, 0.15) is 0 Å². The molecular weight excluding hydrogens is 454 g/mol. The third-order valence-corrected chi connectivity index (χ3v) is 7.65. The first kappa shape index (κ1) is 20.9. The first-order chi connectivity index (χ1) is 17.5. The van der Waals surface area contributed by atoms with Gasteiger partial charge in [0.05, 0.1) is 23.6 Å². The summed E-state index contributed by atoms with van der Waals surface area (Å²) in [7, 11) is 0. The molecule has 2 heterocycles. The van der Waals surface area contributed by atoms with Crippen LogP contribution in [-0.2, 0) is 14.3 Å². The van der Waals surface area contributed by atoms with Crippen LogP contribution >= 0.6 is 0 Å². The van der Waals surface area contributed by atoms with E-state index in [1.807, 2.05) is 36.4 Å². The molecule has 3 atom stereocenters. The molecule has 2 aliphatic heterocycles. The number of carbonyl (C=O) groups excluding carboxylic acids is 4. The number of anilines is 1. The van der Waals surface area contributed by atoms with Gasteiger partial charge in [-0.15, -0.1) is 0 Å². The van der Waals surface area contributed by atoms with Gasteiger partial charge in [-0.3, -0.25) is 19.2 Å². The summed E-state index contributed by atoms with van der Waals surface area (Å²) in [5.74, 6) is -4.45. The van der Waals surface area contributed by atoms with Crippen LogP contribution in [0.15, 0.2) is 97.1 Å². The Balaban J connectivity index is 1.45. The summed E-state index contributed by atoms with van der Waals surface area (Å²) in [5.41, 5.74) is -0.546. The summed E-state index contributed by atoms with van der Waals surface area (Å²) in [4.78, 5) is 57.0.